The predicted molar refractivity (Wildman–Crippen MR) is 75.0 cm³/mol. The van der Waals surface area contributed by atoms with Crippen LogP contribution in [-0.4, -0.2) is 37.5 Å². The van der Waals surface area contributed by atoms with Crippen LogP contribution < -0.4 is 4.72 Å². The molecule has 5 nitrogen and oxygen atoms in total. The summed E-state index contributed by atoms with van der Waals surface area (Å²) >= 11 is 0. The van der Waals surface area contributed by atoms with Gasteiger partial charge in [0, 0.05) is 19.7 Å². The maximum atomic E-state index is 13.9. The summed E-state index contributed by atoms with van der Waals surface area (Å²) in [5.41, 5.74) is -0.512. The zero-order valence-corrected chi connectivity index (χ0v) is 12.5. The number of aliphatic hydroxyl groups excluding tert-OH is 1. The summed E-state index contributed by atoms with van der Waals surface area (Å²) in [4.78, 5) is 0. The fraction of sp³-hybridized carbons (Fsp3) is 0.538. The first-order chi connectivity index (χ1) is 9.85. The van der Waals surface area contributed by atoms with E-state index in [-0.39, 0.29) is 31.2 Å². The highest BCUT2D eigenvalue weighted by molar-refractivity contribution is 7.90. The summed E-state index contributed by atoms with van der Waals surface area (Å²) in [6, 6.07) is 2.26. The third kappa shape index (κ3) is 3.50. The second kappa shape index (κ2) is 6.25. The number of anilines is 1. The van der Waals surface area contributed by atoms with E-state index in [0.29, 0.717) is 6.42 Å². The molecule has 1 aliphatic rings. The van der Waals surface area contributed by atoms with E-state index in [4.69, 9.17) is 5.11 Å². The van der Waals surface area contributed by atoms with E-state index >= 15 is 0 Å². The molecule has 118 valence electrons. The molecule has 1 aliphatic heterocycles. The molecular formula is C13H18F2N2O3S. The predicted octanol–water partition coefficient (Wildman–Crippen LogP) is 1.63. The van der Waals surface area contributed by atoms with Crippen molar-refractivity contribution in [2.75, 3.05) is 24.4 Å². The molecule has 2 rings (SSSR count). The van der Waals surface area contributed by atoms with Gasteiger partial charge >= 0.3 is 10.2 Å². The Labute approximate surface area is 122 Å². The standard InChI is InChI=1S/C13H18F2N2O3S/c1-9-4-5-11(14)13(12(9)15)16-21(19,20)17-6-2-3-10(7-17)8-18/h4-5,10,16,18H,2-3,6-8H2,1H3. The molecule has 0 spiro atoms. The van der Waals surface area contributed by atoms with Crippen molar-refractivity contribution < 1.29 is 22.3 Å². The number of piperidine rings is 1. The van der Waals surface area contributed by atoms with Crippen molar-refractivity contribution in [3.8, 4) is 0 Å². The van der Waals surface area contributed by atoms with Crippen LogP contribution >= 0.6 is 0 Å². The van der Waals surface area contributed by atoms with Gasteiger partial charge in [-0.15, -0.1) is 0 Å². The van der Waals surface area contributed by atoms with E-state index in [1.807, 2.05) is 4.72 Å². The van der Waals surface area contributed by atoms with Crippen LogP contribution in [0.1, 0.15) is 18.4 Å². The molecule has 0 amide bonds. The summed E-state index contributed by atoms with van der Waals surface area (Å²) in [5, 5.41) is 9.13. The number of aliphatic hydroxyl groups is 1. The van der Waals surface area contributed by atoms with Gasteiger partial charge in [0.05, 0.1) is 0 Å². The topological polar surface area (TPSA) is 69.6 Å². The van der Waals surface area contributed by atoms with Crippen LogP contribution in [0, 0.1) is 24.5 Å². The lowest BCUT2D eigenvalue weighted by atomic mass is 10.0. The Morgan fingerprint density at radius 3 is 2.81 bits per heavy atom. The number of hydrogen-bond acceptors (Lipinski definition) is 3. The Bertz CT molecular complexity index is 622. The van der Waals surface area contributed by atoms with Gasteiger partial charge in [0.2, 0.25) is 0 Å². The lowest BCUT2D eigenvalue weighted by Crippen LogP contribution is -2.43. The molecule has 1 aromatic rings. The van der Waals surface area contributed by atoms with Gasteiger partial charge < -0.3 is 5.11 Å². The minimum Gasteiger partial charge on any atom is -0.396 e. The smallest absolute Gasteiger partial charge is 0.301 e. The molecule has 1 unspecified atom stereocenters. The number of nitrogens with zero attached hydrogens (tertiary/aromatic N) is 1. The zero-order valence-electron chi connectivity index (χ0n) is 11.6. The molecular weight excluding hydrogens is 302 g/mol. The first kappa shape index (κ1) is 16.1. The Hall–Kier alpha value is -1.25. The number of benzene rings is 1. The molecule has 2 N–H and O–H groups in total. The summed E-state index contributed by atoms with van der Waals surface area (Å²) in [5.74, 6) is -2.03. The normalized spacial score (nSPS) is 20.5. The van der Waals surface area contributed by atoms with Crippen molar-refractivity contribution >= 4 is 15.9 Å². The molecule has 0 aliphatic carbocycles. The largest absolute Gasteiger partial charge is 0.396 e. The monoisotopic (exact) mass is 320 g/mol. The Balaban J connectivity index is 2.24. The highest BCUT2D eigenvalue weighted by Gasteiger charge is 2.30. The molecule has 1 fully saturated rings. The number of aryl methyl sites for hydroxylation is 1. The van der Waals surface area contributed by atoms with Crippen LogP contribution in [0.15, 0.2) is 12.1 Å². The summed E-state index contributed by atoms with van der Waals surface area (Å²) in [6.45, 7) is 1.72. The zero-order chi connectivity index (χ0) is 15.6. The molecule has 21 heavy (non-hydrogen) atoms. The Kier molecular flexibility index (Phi) is 4.80. The van der Waals surface area contributed by atoms with Crippen LogP contribution in [0.5, 0.6) is 0 Å². The van der Waals surface area contributed by atoms with E-state index in [9.17, 15) is 17.2 Å². The fourth-order valence-electron chi connectivity index (χ4n) is 2.34. The van der Waals surface area contributed by atoms with Crippen LogP contribution in [0.25, 0.3) is 0 Å². The molecule has 1 atom stereocenters. The van der Waals surface area contributed by atoms with Crippen LogP contribution in [0.3, 0.4) is 0 Å². The number of nitrogens with one attached hydrogen (secondary N) is 1. The van der Waals surface area contributed by atoms with Crippen molar-refractivity contribution in [3.05, 3.63) is 29.3 Å². The van der Waals surface area contributed by atoms with Gasteiger partial charge in [-0.25, -0.2) is 8.78 Å². The molecule has 0 radical (unpaired) electrons. The number of hydrogen-bond donors (Lipinski definition) is 2. The van der Waals surface area contributed by atoms with E-state index in [2.05, 4.69) is 0 Å². The lowest BCUT2D eigenvalue weighted by Gasteiger charge is -2.31. The molecule has 1 heterocycles. The maximum absolute atomic E-state index is 13.9. The average Bonchev–Trinajstić information content (AvgIpc) is 2.48. The fourth-order valence-corrected chi connectivity index (χ4v) is 3.69. The van der Waals surface area contributed by atoms with Crippen molar-refractivity contribution in [2.24, 2.45) is 5.92 Å². The van der Waals surface area contributed by atoms with Gasteiger partial charge in [-0.3, -0.25) is 4.72 Å². The third-order valence-corrected chi connectivity index (χ3v) is 5.07. The van der Waals surface area contributed by atoms with Crippen LogP contribution in [-0.2, 0) is 10.2 Å². The van der Waals surface area contributed by atoms with Crippen LogP contribution in [0.2, 0.25) is 0 Å². The van der Waals surface area contributed by atoms with Gasteiger partial charge in [-0.1, -0.05) is 6.07 Å². The number of halogens is 2. The summed E-state index contributed by atoms with van der Waals surface area (Å²) in [6.07, 6.45) is 1.33. The average molecular weight is 320 g/mol. The highest BCUT2D eigenvalue weighted by Crippen LogP contribution is 2.25. The second-order valence-corrected chi connectivity index (χ2v) is 6.88. The highest BCUT2D eigenvalue weighted by atomic mass is 32.2. The van der Waals surface area contributed by atoms with E-state index in [1.54, 1.807) is 0 Å². The molecule has 0 bridgehead atoms. The van der Waals surface area contributed by atoms with Gasteiger partial charge in [-0.2, -0.15) is 12.7 Å². The van der Waals surface area contributed by atoms with Gasteiger partial charge in [0.1, 0.15) is 11.5 Å². The van der Waals surface area contributed by atoms with Crippen LogP contribution in [0.4, 0.5) is 14.5 Å². The summed E-state index contributed by atoms with van der Waals surface area (Å²) in [7, 11) is -4.05. The maximum Gasteiger partial charge on any atom is 0.301 e. The molecule has 8 heteroatoms. The molecule has 1 saturated heterocycles. The Morgan fingerprint density at radius 2 is 2.14 bits per heavy atom. The van der Waals surface area contributed by atoms with Gasteiger partial charge in [-0.05, 0) is 37.3 Å². The van der Waals surface area contributed by atoms with E-state index in [1.165, 1.54) is 13.0 Å². The van der Waals surface area contributed by atoms with Gasteiger partial charge in [0.25, 0.3) is 0 Å². The van der Waals surface area contributed by atoms with Crippen molar-refractivity contribution in [3.63, 3.8) is 0 Å². The summed E-state index contributed by atoms with van der Waals surface area (Å²) < 4.78 is 55.1. The second-order valence-electron chi connectivity index (χ2n) is 5.21. The molecule has 1 aromatic carbocycles. The molecule has 0 saturated carbocycles. The first-order valence-electron chi connectivity index (χ1n) is 6.68. The van der Waals surface area contributed by atoms with E-state index in [0.717, 1.165) is 16.8 Å². The van der Waals surface area contributed by atoms with E-state index < -0.39 is 27.5 Å². The minimum absolute atomic E-state index is 0.112. The third-order valence-electron chi connectivity index (χ3n) is 3.60. The number of rotatable bonds is 4. The minimum atomic E-state index is -4.05. The SMILES string of the molecule is Cc1ccc(F)c(NS(=O)(=O)N2CCCC(CO)C2)c1F. The quantitative estimate of drug-likeness (QED) is 0.886. The molecule has 0 aromatic heterocycles. The van der Waals surface area contributed by atoms with Crippen molar-refractivity contribution in [1.29, 1.82) is 0 Å². The van der Waals surface area contributed by atoms with Crippen molar-refractivity contribution in [2.45, 2.75) is 19.8 Å². The first-order valence-corrected chi connectivity index (χ1v) is 8.12. The van der Waals surface area contributed by atoms with Crippen molar-refractivity contribution in [1.82, 2.24) is 4.31 Å². The van der Waals surface area contributed by atoms with Gasteiger partial charge in [0.15, 0.2) is 5.82 Å². The lowest BCUT2D eigenvalue weighted by molar-refractivity contribution is 0.166. The Morgan fingerprint density at radius 1 is 1.43 bits per heavy atom.